The fourth-order valence-electron chi connectivity index (χ4n) is 1.34. The Kier molecular flexibility index (Phi) is 3.94. The van der Waals surface area contributed by atoms with Gasteiger partial charge in [0.05, 0.1) is 0 Å². The summed E-state index contributed by atoms with van der Waals surface area (Å²) in [6.07, 6.45) is -4.56. The van der Waals surface area contributed by atoms with Crippen LogP contribution in [0.3, 0.4) is 0 Å². The van der Waals surface area contributed by atoms with Crippen molar-refractivity contribution in [1.29, 1.82) is 0 Å². The summed E-state index contributed by atoms with van der Waals surface area (Å²) in [7, 11) is 1.51. The second kappa shape index (κ2) is 5.48. The van der Waals surface area contributed by atoms with Crippen LogP contribution in [0.4, 0.5) is 19.0 Å². The minimum Gasteiger partial charge on any atom is -0.373 e. The fourth-order valence-corrected chi connectivity index (χ4v) is 2.18. The number of aromatic nitrogens is 2. The number of anilines is 1. The molecule has 3 nitrogen and oxygen atoms in total. The van der Waals surface area contributed by atoms with Gasteiger partial charge in [0, 0.05) is 18.0 Å². The Morgan fingerprint density at radius 3 is 2.37 bits per heavy atom. The normalized spacial score (nSPS) is 11.4. The SMILES string of the molecule is CNc1cc(Sc2ccccc2)nc(C(F)(F)F)n1. The van der Waals surface area contributed by atoms with Crippen LogP contribution in [-0.2, 0) is 6.18 Å². The lowest BCUT2D eigenvalue weighted by Gasteiger charge is -2.09. The molecule has 0 atom stereocenters. The standard InChI is InChI=1S/C12H10F3N3S/c1-16-9-7-10(18-11(17-9)12(13,14)15)19-8-5-3-2-4-6-8/h2-7H,1H3,(H,16,17,18). The van der Waals surface area contributed by atoms with Crippen molar-refractivity contribution in [2.24, 2.45) is 0 Å². The van der Waals surface area contributed by atoms with Crippen LogP contribution in [0.25, 0.3) is 0 Å². The highest BCUT2D eigenvalue weighted by Crippen LogP contribution is 2.32. The van der Waals surface area contributed by atoms with Crippen LogP contribution in [0.1, 0.15) is 5.82 Å². The third-order valence-corrected chi connectivity index (χ3v) is 3.10. The Morgan fingerprint density at radius 2 is 1.79 bits per heavy atom. The van der Waals surface area contributed by atoms with Gasteiger partial charge in [-0.3, -0.25) is 0 Å². The molecule has 0 aliphatic heterocycles. The van der Waals surface area contributed by atoms with Crippen molar-refractivity contribution < 1.29 is 13.2 Å². The lowest BCUT2D eigenvalue weighted by molar-refractivity contribution is -0.145. The van der Waals surface area contributed by atoms with E-state index >= 15 is 0 Å². The van der Waals surface area contributed by atoms with Gasteiger partial charge in [0.1, 0.15) is 10.8 Å². The Labute approximate surface area is 112 Å². The van der Waals surface area contributed by atoms with Crippen molar-refractivity contribution in [1.82, 2.24) is 9.97 Å². The summed E-state index contributed by atoms with van der Waals surface area (Å²) in [6.45, 7) is 0. The first-order chi connectivity index (χ1) is 8.99. The molecule has 7 heteroatoms. The van der Waals surface area contributed by atoms with Gasteiger partial charge in [-0.1, -0.05) is 30.0 Å². The molecule has 1 aromatic heterocycles. The molecule has 0 saturated carbocycles. The monoisotopic (exact) mass is 285 g/mol. The maximum absolute atomic E-state index is 12.7. The molecule has 0 unspecified atom stereocenters. The number of hydrogen-bond acceptors (Lipinski definition) is 4. The number of hydrogen-bond donors (Lipinski definition) is 1. The molecule has 0 spiro atoms. The van der Waals surface area contributed by atoms with Gasteiger partial charge in [0.15, 0.2) is 0 Å². The van der Waals surface area contributed by atoms with E-state index in [0.29, 0.717) is 0 Å². The predicted molar refractivity (Wildman–Crippen MR) is 67.1 cm³/mol. The average Bonchev–Trinajstić information content (AvgIpc) is 2.38. The van der Waals surface area contributed by atoms with Crippen molar-refractivity contribution in [3.05, 3.63) is 42.2 Å². The smallest absolute Gasteiger partial charge is 0.373 e. The molecule has 0 radical (unpaired) electrons. The van der Waals surface area contributed by atoms with Gasteiger partial charge in [0.25, 0.3) is 0 Å². The van der Waals surface area contributed by atoms with Crippen LogP contribution in [0, 0.1) is 0 Å². The number of alkyl halides is 3. The molecule has 19 heavy (non-hydrogen) atoms. The zero-order valence-electron chi connectivity index (χ0n) is 9.90. The van der Waals surface area contributed by atoms with Crippen LogP contribution >= 0.6 is 11.8 Å². The Bertz CT molecular complexity index is 558. The van der Waals surface area contributed by atoms with Crippen molar-refractivity contribution in [2.75, 3.05) is 12.4 Å². The van der Waals surface area contributed by atoms with E-state index < -0.39 is 12.0 Å². The summed E-state index contributed by atoms with van der Waals surface area (Å²) >= 11 is 1.16. The first-order valence-corrected chi connectivity index (χ1v) is 6.17. The van der Waals surface area contributed by atoms with E-state index in [9.17, 15) is 13.2 Å². The zero-order valence-corrected chi connectivity index (χ0v) is 10.7. The van der Waals surface area contributed by atoms with E-state index in [-0.39, 0.29) is 10.8 Å². The van der Waals surface area contributed by atoms with E-state index in [4.69, 9.17) is 0 Å². The van der Waals surface area contributed by atoms with Crippen molar-refractivity contribution in [3.8, 4) is 0 Å². The Hall–Kier alpha value is -1.76. The number of benzene rings is 1. The molecule has 1 aromatic carbocycles. The van der Waals surface area contributed by atoms with E-state index in [1.54, 1.807) is 12.1 Å². The lowest BCUT2D eigenvalue weighted by atomic mass is 10.4. The number of rotatable bonds is 3. The molecule has 1 N–H and O–H groups in total. The molecule has 0 bridgehead atoms. The molecular formula is C12H10F3N3S. The first kappa shape index (κ1) is 13.7. The summed E-state index contributed by atoms with van der Waals surface area (Å²) in [5.41, 5.74) is 0. The highest BCUT2D eigenvalue weighted by Gasteiger charge is 2.35. The van der Waals surface area contributed by atoms with Crippen molar-refractivity contribution >= 4 is 17.6 Å². The minimum absolute atomic E-state index is 0.140. The van der Waals surface area contributed by atoms with Gasteiger partial charge in [-0.15, -0.1) is 0 Å². The van der Waals surface area contributed by atoms with Crippen LogP contribution in [0.15, 0.2) is 46.3 Å². The second-order valence-corrected chi connectivity index (χ2v) is 4.67. The van der Waals surface area contributed by atoms with Crippen LogP contribution in [0.5, 0.6) is 0 Å². The number of nitrogens with one attached hydrogen (secondary N) is 1. The zero-order chi connectivity index (χ0) is 13.9. The van der Waals surface area contributed by atoms with Gasteiger partial charge < -0.3 is 5.32 Å². The van der Waals surface area contributed by atoms with E-state index in [1.165, 1.54) is 13.1 Å². The maximum Gasteiger partial charge on any atom is 0.451 e. The van der Waals surface area contributed by atoms with Crippen LogP contribution in [0.2, 0.25) is 0 Å². The highest BCUT2D eigenvalue weighted by atomic mass is 32.2. The first-order valence-electron chi connectivity index (χ1n) is 5.36. The molecule has 100 valence electrons. The van der Waals surface area contributed by atoms with Crippen molar-refractivity contribution in [2.45, 2.75) is 16.1 Å². The summed E-state index contributed by atoms with van der Waals surface area (Å²) in [6, 6.07) is 10.6. The molecule has 0 aliphatic carbocycles. The van der Waals surface area contributed by atoms with Crippen LogP contribution < -0.4 is 5.32 Å². The quantitative estimate of drug-likeness (QED) is 0.873. The number of halogens is 3. The summed E-state index contributed by atoms with van der Waals surface area (Å²) in [4.78, 5) is 7.76. The third kappa shape index (κ3) is 3.60. The van der Waals surface area contributed by atoms with Crippen molar-refractivity contribution in [3.63, 3.8) is 0 Å². The van der Waals surface area contributed by atoms with Gasteiger partial charge in [-0.05, 0) is 12.1 Å². The third-order valence-electron chi connectivity index (χ3n) is 2.18. The molecular weight excluding hydrogens is 275 g/mol. The molecule has 1 heterocycles. The van der Waals surface area contributed by atoms with Gasteiger partial charge in [0.2, 0.25) is 5.82 Å². The second-order valence-electron chi connectivity index (χ2n) is 3.58. The van der Waals surface area contributed by atoms with E-state index in [2.05, 4.69) is 15.3 Å². The number of nitrogens with zero attached hydrogens (tertiary/aromatic N) is 2. The molecule has 0 saturated heterocycles. The molecule has 0 aliphatic rings. The summed E-state index contributed by atoms with van der Waals surface area (Å²) in [5.74, 6) is -1.00. The molecule has 0 fully saturated rings. The van der Waals surface area contributed by atoms with E-state index in [1.807, 2.05) is 18.2 Å². The Morgan fingerprint density at radius 1 is 1.11 bits per heavy atom. The van der Waals surface area contributed by atoms with E-state index in [0.717, 1.165) is 16.7 Å². The average molecular weight is 285 g/mol. The lowest BCUT2D eigenvalue weighted by Crippen LogP contribution is -2.12. The summed E-state index contributed by atoms with van der Waals surface area (Å²) in [5, 5.41) is 2.85. The highest BCUT2D eigenvalue weighted by molar-refractivity contribution is 7.99. The fraction of sp³-hybridized carbons (Fsp3) is 0.167. The predicted octanol–water partition coefficient (Wildman–Crippen LogP) is 3.69. The largest absolute Gasteiger partial charge is 0.451 e. The van der Waals surface area contributed by atoms with Gasteiger partial charge in [-0.2, -0.15) is 13.2 Å². The van der Waals surface area contributed by atoms with Gasteiger partial charge in [-0.25, -0.2) is 9.97 Å². The topological polar surface area (TPSA) is 37.8 Å². The van der Waals surface area contributed by atoms with Crippen LogP contribution in [-0.4, -0.2) is 17.0 Å². The molecule has 0 amide bonds. The van der Waals surface area contributed by atoms with Gasteiger partial charge >= 0.3 is 6.18 Å². The Balaban J connectivity index is 2.35. The minimum atomic E-state index is -4.56. The summed E-state index contributed by atoms with van der Waals surface area (Å²) < 4.78 is 38.0. The molecule has 2 aromatic rings. The maximum atomic E-state index is 12.7. The molecule has 2 rings (SSSR count).